The van der Waals surface area contributed by atoms with Crippen LogP contribution in [0.25, 0.3) is 22.0 Å². The minimum atomic E-state index is -0.213. The maximum absolute atomic E-state index is 14.1. The average Bonchev–Trinajstić information content (AvgIpc) is 2.55. The quantitative estimate of drug-likeness (QED) is 0.706. The third-order valence-electron chi connectivity index (χ3n) is 3.87. The van der Waals surface area contributed by atoms with Gasteiger partial charge in [0.1, 0.15) is 5.82 Å². The number of nitrogens with zero attached hydrogens (tertiary/aromatic N) is 3. The van der Waals surface area contributed by atoms with Gasteiger partial charge in [-0.1, -0.05) is 38.1 Å². The number of anilines is 1. The molecular formula is C19H20FN3. The Morgan fingerprint density at radius 2 is 1.65 bits per heavy atom. The van der Waals surface area contributed by atoms with E-state index in [2.05, 4.69) is 23.8 Å². The molecule has 1 heterocycles. The first kappa shape index (κ1) is 15.4. The summed E-state index contributed by atoms with van der Waals surface area (Å²) in [6.07, 6.45) is 0. The first-order valence-electron chi connectivity index (χ1n) is 7.71. The summed E-state index contributed by atoms with van der Waals surface area (Å²) in [4.78, 5) is 11.1. The Morgan fingerprint density at radius 1 is 0.957 bits per heavy atom. The van der Waals surface area contributed by atoms with E-state index in [0.717, 1.165) is 22.3 Å². The Balaban J connectivity index is 2.28. The van der Waals surface area contributed by atoms with Crippen LogP contribution in [-0.2, 0) is 0 Å². The summed E-state index contributed by atoms with van der Waals surface area (Å²) in [6.45, 7) is 4.21. The van der Waals surface area contributed by atoms with Gasteiger partial charge in [0.05, 0.1) is 5.69 Å². The number of hydrogen-bond acceptors (Lipinski definition) is 3. The fourth-order valence-corrected chi connectivity index (χ4v) is 2.57. The van der Waals surface area contributed by atoms with Crippen molar-refractivity contribution < 1.29 is 4.39 Å². The Kier molecular flexibility index (Phi) is 3.99. The van der Waals surface area contributed by atoms with Crippen LogP contribution < -0.4 is 4.90 Å². The van der Waals surface area contributed by atoms with E-state index < -0.39 is 0 Å². The molecule has 3 nitrogen and oxygen atoms in total. The van der Waals surface area contributed by atoms with Gasteiger partial charge in [-0.2, -0.15) is 0 Å². The highest BCUT2D eigenvalue weighted by atomic mass is 19.1. The summed E-state index contributed by atoms with van der Waals surface area (Å²) in [7, 11) is 3.85. The lowest BCUT2D eigenvalue weighted by atomic mass is 10.00. The SMILES string of the molecule is CC(C)c1cc(-c2ccc(F)c3ccccc23)nc(N(C)C)n1. The van der Waals surface area contributed by atoms with Crippen molar-refractivity contribution in [1.82, 2.24) is 9.97 Å². The fraction of sp³-hybridized carbons (Fsp3) is 0.263. The van der Waals surface area contributed by atoms with Crippen molar-refractivity contribution in [2.24, 2.45) is 0 Å². The van der Waals surface area contributed by atoms with Crippen molar-refractivity contribution in [2.45, 2.75) is 19.8 Å². The molecule has 0 atom stereocenters. The molecule has 0 radical (unpaired) electrons. The summed E-state index contributed by atoms with van der Waals surface area (Å²) in [5, 5.41) is 1.48. The number of fused-ring (bicyclic) bond motifs is 1. The second-order valence-electron chi connectivity index (χ2n) is 6.17. The van der Waals surface area contributed by atoms with Crippen LogP contribution in [0.1, 0.15) is 25.5 Å². The number of halogens is 1. The molecule has 0 spiro atoms. The Hall–Kier alpha value is -2.49. The van der Waals surface area contributed by atoms with Gasteiger partial charge in [-0.05, 0) is 29.5 Å². The van der Waals surface area contributed by atoms with Gasteiger partial charge >= 0.3 is 0 Å². The number of aromatic nitrogens is 2. The molecule has 23 heavy (non-hydrogen) atoms. The zero-order chi connectivity index (χ0) is 16.6. The number of hydrogen-bond donors (Lipinski definition) is 0. The molecule has 0 saturated carbocycles. The van der Waals surface area contributed by atoms with Gasteiger partial charge in [0.2, 0.25) is 5.95 Å². The van der Waals surface area contributed by atoms with Crippen molar-refractivity contribution in [3.05, 3.63) is 54.0 Å². The van der Waals surface area contributed by atoms with E-state index in [4.69, 9.17) is 0 Å². The van der Waals surface area contributed by atoms with Gasteiger partial charge < -0.3 is 4.90 Å². The minimum Gasteiger partial charge on any atom is -0.347 e. The molecule has 0 unspecified atom stereocenters. The van der Waals surface area contributed by atoms with E-state index in [-0.39, 0.29) is 5.82 Å². The molecule has 118 valence electrons. The number of benzene rings is 2. The molecule has 0 bridgehead atoms. The summed E-state index contributed by atoms with van der Waals surface area (Å²) in [5.41, 5.74) is 2.73. The highest BCUT2D eigenvalue weighted by Crippen LogP contribution is 2.31. The molecule has 3 rings (SSSR count). The number of rotatable bonds is 3. The molecule has 0 aliphatic heterocycles. The second kappa shape index (κ2) is 5.95. The first-order chi connectivity index (χ1) is 11.0. The molecule has 0 aliphatic rings. The van der Waals surface area contributed by atoms with E-state index in [0.29, 0.717) is 17.3 Å². The largest absolute Gasteiger partial charge is 0.347 e. The molecule has 0 saturated heterocycles. The van der Waals surface area contributed by atoms with Gasteiger partial charge in [0.25, 0.3) is 0 Å². The maximum atomic E-state index is 14.1. The molecule has 3 aromatic rings. The molecule has 0 fully saturated rings. The van der Waals surface area contributed by atoms with E-state index >= 15 is 0 Å². The summed E-state index contributed by atoms with van der Waals surface area (Å²) in [5.74, 6) is 0.747. The molecule has 1 aromatic heterocycles. The minimum absolute atomic E-state index is 0.213. The summed E-state index contributed by atoms with van der Waals surface area (Å²) >= 11 is 0. The molecular weight excluding hydrogens is 289 g/mol. The standard InChI is InChI=1S/C19H20FN3/c1-12(2)17-11-18(22-19(21-17)23(3)4)15-9-10-16(20)14-8-6-5-7-13(14)15/h5-12H,1-4H3. The van der Waals surface area contributed by atoms with Gasteiger partial charge in [0, 0.05) is 30.7 Å². The van der Waals surface area contributed by atoms with Crippen LogP contribution >= 0.6 is 0 Å². The lowest BCUT2D eigenvalue weighted by molar-refractivity contribution is 0.640. The monoisotopic (exact) mass is 309 g/mol. The van der Waals surface area contributed by atoms with Gasteiger partial charge in [0.15, 0.2) is 0 Å². The predicted molar refractivity (Wildman–Crippen MR) is 93.3 cm³/mol. The van der Waals surface area contributed by atoms with Crippen LogP contribution in [0.4, 0.5) is 10.3 Å². The van der Waals surface area contributed by atoms with Gasteiger partial charge in [-0.3, -0.25) is 0 Å². The van der Waals surface area contributed by atoms with Crippen LogP contribution in [0.2, 0.25) is 0 Å². The summed E-state index contributed by atoms with van der Waals surface area (Å²) in [6, 6.07) is 12.8. The first-order valence-corrected chi connectivity index (χ1v) is 7.71. The second-order valence-corrected chi connectivity index (χ2v) is 6.17. The third-order valence-corrected chi connectivity index (χ3v) is 3.87. The Labute approximate surface area is 135 Å². The normalized spacial score (nSPS) is 11.2. The average molecular weight is 309 g/mol. The third kappa shape index (κ3) is 2.89. The molecule has 0 amide bonds. The topological polar surface area (TPSA) is 29.0 Å². The van der Waals surface area contributed by atoms with Gasteiger partial charge in [-0.15, -0.1) is 0 Å². The van der Waals surface area contributed by atoms with Crippen LogP contribution in [0, 0.1) is 5.82 Å². The highest BCUT2D eigenvalue weighted by Gasteiger charge is 2.13. The molecule has 0 aliphatic carbocycles. The Bertz CT molecular complexity index is 830. The van der Waals surface area contributed by atoms with Gasteiger partial charge in [-0.25, -0.2) is 14.4 Å². The van der Waals surface area contributed by atoms with Crippen molar-refractivity contribution in [3.8, 4) is 11.3 Å². The van der Waals surface area contributed by atoms with Crippen molar-refractivity contribution in [3.63, 3.8) is 0 Å². The maximum Gasteiger partial charge on any atom is 0.225 e. The predicted octanol–water partition coefficient (Wildman–Crippen LogP) is 4.63. The van der Waals surface area contributed by atoms with E-state index in [9.17, 15) is 4.39 Å². The zero-order valence-corrected chi connectivity index (χ0v) is 13.8. The fourth-order valence-electron chi connectivity index (χ4n) is 2.57. The van der Waals surface area contributed by atoms with E-state index in [1.807, 2.05) is 43.3 Å². The lowest BCUT2D eigenvalue weighted by Gasteiger charge is -2.16. The molecule has 4 heteroatoms. The Morgan fingerprint density at radius 3 is 2.30 bits per heavy atom. The zero-order valence-electron chi connectivity index (χ0n) is 13.8. The van der Waals surface area contributed by atoms with Crippen molar-refractivity contribution >= 4 is 16.7 Å². The van der Waals surface area contributed by atoms with Crippen LogP contribution in [0.5, 0.6) is 0 Å². The molecule has 2 aromatic carbocycles. The smallest absolute Gasteiger partial charge is 0.225 e. The van der Waals surface area contributed by atoms with Crippen LogP contribution in [-0.4, -0.2) is 24.1 Å². The van der Waals surface area contributed by atoms with Crippen LogP contribution in [0.3, 0.4) is 0 Å². The highest BCUT2D eigenvalue weighted by molar-refractivity contribution is 5.96. The van der Waals surface area contributed by atoms with Crippen LogP contribution in [0.15, 0.2) is 42.5 Å². The summed E-state index contributed by atoms with van der Waals surface area (Å²) < 4.78 is 14.1. The van der Waals surface area contributed by atoms with Crippen molar-refractivity contribution in [1.29, 1.82) is 0 Å². The van der Waals surface area contributed by atoms with E-state index in [1.165, 1.54) is 6.07 Å². The van der Waals surface area contributed by atoms with Crippen molar-refractivity contribution in [2.75, 3.05) is 19.0 Å². The van der Waals surface area contributed by atoms with E-state index in [1.54, 1.807) is 12.1 Å². The lowest BCUT2D eigenvalue weighted by Crippen LogP contribution is -2.14. The molecule has 0 N–H and O–H groups in total.